The molecule has 21 heavy (non-hydrogen) atoms. The number of carbonyl (C=O) groups is 2. The zero-order chi connectivity index (χ0) is 15.2. The van der Waals surface area contributed by atoms with Gasteiger partial charge in [-0.15, -0.1) is 0 Å². The first kappa shape index (κ1) is 15.8. The van der Waals surface area contributed by atoms with Crippen LogP contribution in [0, 0.1) is 5.92 Å². The fourth-order valence-corrected chi connectivity index (χ4v) is 2.68. The van der Waals surface area contributed by atoms with Crippen LogP contribution in [0.1, 0.15) is 25.3 Å². The molecule has 0 aromatic heterocycles. The minimum atomic E-state index is -0.187. The van der Waals surface area contributed by atoms with Gasteiger partial charge >= 0.3 is 0 Å². The number of rotatable bonds is 6. The molecule has 1 atom stereocenters. The Hall–Kier alpha value is -1.55. The first-order chi connectivity index (χ1) is 10.1. The fraction of sp³-hybridized carbons (Fsp3) is 0.500. The summed E-state index contributed by atoms with van der Waals surface area (Å²) in [6, 6.07) is 7.75. The summed E-state index contributed by atoms with van der Waals surface area (Å²) < 4.78 is 0. The molecular formula is C16H21ClN2O2. The standard InChI is InChI=1S/C16H21ClN2O2/c1-2-19-11-13(10-15(19)20)16(21)18-9-3-4-12-5-7-14(17)8-6-12/h5-8,13H,2-4,9-11H2,1H3,(H,18,21)/t13-/m0/s1. The quantitative estimate of drug-likeness (QED) is 0.820. The Bertz CT molecular complexity index is 502. The maximum absolute atomic E-state index is 12.0. The molecule has 114 valence electrons. The molecule has 1 aromatic carbocycles. The van der Waals surface area contributed by atoms with Crippen LogP contribution in [0.25, 0.3) is 0 Å². The smallest absolute Gasteiger partial charge is 0.225 e. The van der Waals surface area contributed by atoms with Gasteiger partial charge < -0.3 is 10.2 Å². The first-order valence-corrected chi connectivity index (χ1v) is 7.78. The van der Waals surface area contributed by atoms with E-state index >= 15 is 0 Å². The van der Waals surface area contributed by atoms with Gasteiger partial charge in [0.1, 0.15) is 0 Å². The van der Waals surface area contributed by atoms with Crippen molar-refractivity contribution < 1.29 is 9.59 Å². The molecule has 2 rings (SSSR count). The zero-order valence-corrected chi connectivity index (χ0v) is 13.0. The lowest BCUT2D eigenvalue weighted by molar-refractivity contribution is -0.128. The Morgan fingerprint density at radius 2 is 2.10 bits per heavy atom. The molecule has 0 bridgehead atoms. The molecule has 1 heterocycles. The lowest BCUT2D eigenvalue weighted by Gasteiger charge is -2.13. The summed E-state index contributed by atoms with van der Waals surface area (Å²) in [5.74, 6) is -0.109. The van der Waals surface area contributed by atoms with Gasteiger partial charge in [0.2, 0.25) is 11.8 Å². The summed E-state index contributed by atoms with van der Waals surface area (Å²) in [6.07, 6.45) is 2.13. The Balaban J connectivity index is 1.68. The minimum absolute atomic E-state index is 0.00425. The maximum atomic E-state index is 12.0. The third-order valence-corrected chi connectivity index (χ3v) is 4.07. The topological polar surface area (TPSA) is 49.4 Å². The number of benzene rings is 1. The van der Waals surface area contributed by atoms with Crippen LogP contribution in [0.2, 0.25) is 5.02 Å². The van der Waals surface area contributed by atoms with Crippen LogP contribution in [0.5, 0.6) is 0 Å². The van der Waals surface area contributed by atoms with Gasteiger partial charge in [-0.2, -0.15) is 0 Å². The highest BCUT2D eigenvalue weighted by molar-refractivity contribution is 6.30. The number of carbonyl (C=O) groups excluding carboxylic acids is 2. The highest BCUT2D eigenvalue weighted by Gasteiger charge is 2.32. The van der Waals surface area contributed by atoms with Crippen LogP contribution in [0.3, 0.4) is 0 Å². The van der Waals surface area contributed by atoms with Gasteiger partial charge in [0.15, 0.2) is 0 Å². The molecule has 0 radical (unpaired) electrons. The van der Waals surface area contributed by atoms with E-state index in [1.54, 1.807) is 4.90 Å². The van der Waals surface area contributed by atoms with Crippen LogP contribution in [-0.2, 0) is 16.0 Å². The number of hydrogen-bond donors (Lipinski definition) is 1. The van der Waals surface area contributed by atoms with E-state index < -0.39 is 0 Å². The molecule has 0 saturated carbocycles. The van der Waals surface area contributed by atoms with Gasteiger partial charge in [0.25, 0.3) is 0 Å². The van der Waals surface area contributed by atoms with Gasteiger partial charge in [-0.1, -0.05) is 23.7 Å². The summed E-state index contributed by atoms with van der Waals surface area (Å²) in [5.41, 5.74) is 1.21. The molecule has 0 unspecified atom stereocenters. The summed E-state index contributed by atoms with van der Waals surface area (Å²) in [4.78, 5) is 25.3. The molecular weight excluding hydrogens is 288 g/mol. The normalized spacial score (nSPS) is 18.1. The van der Waals surface area contributed by atoms with E-state index in [-0.39, 0.29) is 17.7 Å². The van der Waals surface area contributed by atoms with E-state index in [2.05, 4.69) is 5.32 Å². The van der Waals surface area contributed by atoms with Gasteiger partial charge in [0.05, 0.1) is 5.92 Å². The molecule has 1 fully saturated rings. The number of likely N-dealkylation sites (tertiary alicyclic amines) is 1. The first-order valence-electron chi connectivity index (χ1n) is 7.40. The van der Waals surface area contributed by atoms with Crippen molar-refractivity contribution >= 4 is 23.4 Å². The Labute approximate surface area is 130 Å². The monoisotopic (exact) mass is 308 g/mol. The van der Waals surface area contributed by atoms with E-state index in [0.717, 1.165) is 17.9 Å². The largest absolute Gasteiger partial charge is 0.356 e. The third kappa shape index (κ3) is 4.46. The van der Waals surface area contributed by atoms with Crippen molar-refractivity contribution in [3.63, 3.8) is 0 Å². The molecule has 1 aliphatic rings. The van der Waals surface area contributed by atoms with Crippen molar-refractivity contribution in [1.82, 2.24) is 10.2 Å². The van der Waals surface area contributed by atoms with E-state index in [1.807, 2.05) is 31.2 Å². The van der Waals surface area contributed by atoms with Gasteiger partial charge in [-0.3, -0.25) is 9.59 Å². The van der Waals surface area contributed by atoms with Crippen molar-refractivity contribution in [3.05, 3.63) is 34.9 Å². The molecule has 4 nitrogen and oxygen atoms in total. The van der Waals surface area contributed by atoms with Crippen molar-refractivity contribution in [2.45, 2.75) is 26.2 Å². The molecule has 1 saturated heterocycles. The molecule has 1 N–H and O–H groups in total. The van der Waals surface area contributed by atoms with Gasteiger partial charge in [-0.25, -0.2) is 0 Å². The lowest BCUT2D eigenvalue weighted by atomic mass is 10.1. The zero-order valence-electron chi connectivity index (χ0n) is 12.3. The predicted octanol–water partition coefficient (Wildman–Crippen LogP) is 2.26. The second kappa shape index (κ2) is 7.46. The van der Waals surface area contributed by atoms with Crippen molar-refractivity contribution in [3.8, 4) is 0 Å². The van der Waals surface area contributed by atoms with Crippen LogP contribution in [0.15, 0.2) is 24.3 Å². The maximum Gasteiger partial charge on any atom is 0.225 e. The van der Waals surface area contributed by atoms with E-state index in [4.69, 9.17) is 11.6 Å². The molecule has 0 aliphatic carbocycles. The Morgan fingerprint density at radius 1 is 1.38 bits per heavy atom. The van der Waals surface area contributed by atoms with Gasteiger partial charge in [-0.05, 0) is 37.5 Å². The van der Waals surface area contributed by atoms with Crippen LogP contribution in [0.4, 0.5) is 0 Å². The fourth-order valence-electron chi connectivity index (χ4n) is 2.55. The van der Waals surface area contributed by atoms with Crippen LogP contribution < -0.4 is 5.32 Å². The van der Waals surface area contributed by atoms with Crippen LogP contribution in [-0.4, -0.2) is 36.3 Å². The number of nitrogens with one attached hydrogen (secondary N) is 1. The summed E-state index contributed by atoms with van der Waals surface area (Å²) in [5, 5.41) is 3.66. The minimum Gasteiger partial charge on any atom is -0.356 e. The number of nitrogens with zero attached hydrogens (tertiary/aromatic N) is 1. The number of amides is 2. The molecule has 5 heteroatoms. The summed E-state index contributed by atoms with van der Waals surface area (Å²) >= 11 is 5.83. The third-order valence-electron chi connectivity index (χ3n) is 3.82. The molecule has 1 aromatic rings. The number of halogens is 1. The molecule has 0 spiro atoms. The van der Waals surface area contributed by atoms with Crippen molar-refractivity contribution in [2.24, 2.45) is 5.92 Å². The number of hydrogen-bond acceptors (Lipinski definition) is 2. The van der Waals surface area contributed by atoms with Crippen molar-refractivity contribution in [2.75, 3.05) is 19.6 Å². The lowest BCUT2D eigenvalue weighted by Crippen LogP contribution is -2.33. The second-order valence-electron chi connectivity index (χ2n) is 5.35. The predicted molar refractivity (Wildman–Crippen MR) is 83.1 cm³/mol. The number of aryl methyl sites for hydroxylation is 1. The summed E-state index contributed by atoms with van der Waals surface area (Å²) in [6.45, 7) is 3.81. The van der Waals surface area contributed by atoms with Gasteiger partial charge in [0, 0.05) is 31.1 Å². The van der Waals surface area contributed by atoms with E-state index in [0.29, 0.717) is 26.1 Å². The van der Waals surface area contributed by atoms with Crippen LogP contribution >= 0.6 is 11.6 Å². The summed E-state index contributed by atoms with van der Waals surface area (Å²) in [7, 11) is 0. The SMILES string of the molecule is CCN1C[C@@H](C(=O)NCCCc2ccc(Cl)cc2)CC1=O. The molecule has 2 amide bonds. The highest BCUT2D eigenvalue weighted by atomic mass is 35.5. The highest BCUT2D eigenvalue weighted by Crippen LogP contribution is 2.17. The Morgan fingerprint density at radius 3 is 2.71 bits per heavy atom. The molecule has 1 aliphatic heterocycles. The Kier molecular flexibility index (Phi) is 5.62. The average Bonchev–Trinajstić information content (AvgIpc) is 2.86. The van der Waals surface area contributed by atoms with Crippen molar-refractivity contribution in [1.29, 1.82) is 0 Å². The average molecular weight is 309 g/mol. The van der Waals surface area contributed by atoms with E-state index in [1.165, 1.54) is 5.56 Å². The van der Waals surface area contributed by atoms with E-state index in [9.17, 15) is 9.59 Å². The second-order valence-corrected chi connectivity index (χ2v) is 5.79.